The third-order valence-corrected chi connectivity index (χ3v) is 3.94. The van der Waals surface area contributed by atoms with Crippen molar-refractivity contribution in [3.63, 3.8) is 0 Å². The summed E-state index contributed by atoms with van der Waals surface area (Å²) in [5.41, 5.74) is 2.91. The first kappa shape index (κ1) is 20.1. The van der Waals surface area contributed by atoms with Crippen molar-refractivity contribution in [2.45, 2.75) is 20.8 Å². The predicted octanol–water partition coefficient (Wildman–Crippen LogP) is 6.83. The molecule has 2 aromatic carbocycles. The summed E-state index contributed by atoms with van der Waals surface area (Å²) in [6, 6.07) is 17.4. The summed E-state index contributed by atoms with van der Waals surface area (Å²) in [6.45, 7) is 5.68. The molecule has 0 saturated heterocycles. The van der Waals surface area contributed by atoms with Crippen LogP contribution in [0, 0.1) is 26.6 Å². The molecule has 24 heavy (non-hydrogen) atoms. The van der Waals surface area contributed by atoms with Crippen LogP contribution < -0.4 is 0 Å². The number of rotatable bonds is 0. The normalized spacial score (nSPS) is 9.25. The number of aromatic nitrogens is 1. The number of halogens is 3. The van der Waals surface area contributed by atoms with Crippen LogP contribution in [0.4, 0.5) is 4.39 Å². The van der Waals surface area contributed by atoms with Gasteiger partial charge in [-0.3, -0.25) is 4.98 Å². The van der Waals surface area contributed by atoms with Crippen molar-refractivity contribution < 1.29 is 4.39 Å². The lowest BCUT2D eigenvalue weighted by molar-refractivity contribution is 0.612. The average molecular weight is 364 g/mol. The molecule has 3 aromatic rings. The van der Waals surface area contributed by atoms with Gasteiger partial charge in [-0.15, -0.1) is 0 Å². The maximum absolute atomic E-state index is 12.3. The Morgan fingerprint density at radius 2 is 1.38 bits per heavy atom. The summed E-state index contributed by atoms with van der Waals surface area (Å²) >= 11 is 11.5. The van der Waals surface area contributed by atoms with Crippen molar-refractivity contribution in [1.29, 1.82) is 0 Å². The van der Waals surface area contributed by atoms with Crippen LogP contribution in [0.3, 0.4) is 0 Å². The van der Waals surface area contributed by atoms with E-state index in [2.05, 4.69) is 24.0 Å². The minimum Gasteiger partial charge on any atom is -0.262 e. The topological polar surface area (TPSA) is 12.9 Å². The number of benzene rings is 2. The highest BCUT2D eigenvalue weighted by molar-refractivity contribution is 6.35. The second-order valence-corrected chi connectivity index (χ2v) is 5.94. The lowest BCUT2D eigenvalue weighted by Crippen LogP contribution is -1.80. The third-order valence-electron chi connectivity index (χ3n) is 3.12. The quantitative estimate of drug-likeness (QED) is 0.426. The molecule has 1 nitrogen and oxygen atoms in total. The Kier molecular flexibility index (Phi) is 9.06. The zero-order valence-electron chi connectivity index (χ0n) is 13.9. The lowest BCUT2D eigenvalue weighted by Gasteiger charge is -1.96. The number of aryl methyl sites for hydroxylation is 2. The van der Waals surface area contributed by atoms with Gasteiger partial charge in [-0.1, -0.05) is 65.2 Å². The largest absolute Gasteiger partial charge is 0.262 e. The van der Waals surface area contributed by atoms with E-state index in [0.29, 0.717) is 5.56 Å². The van der Waals surface area contributed by atoms with Crippen molar-refractivity contribution >= 4 is 23.2 Å². The van der Waals surface area contributed by atoms with Gasteiger partial charge in [-0.05, 0) is 50.1 Å². The molecule has 1 heterocycles. The molecule has 0 radical (unpaired) electrons. The maximum atomic E-state index is 12.3. The Morgan fingerprint density at radius 1 is 0.792 bits per heavy atom. The summed E-state index contributed by atoms with van der Waals surface area (Å²) in [6.07, 6.45) is 2.77. The van der Waals surface area contributed by atoms with Crippen LogP contribution in [0.1, 0.15) is 16.7 Å². The molecule has 4 heteroatoms. The molecule has 0 spiro atoms. The smallest absolute Gasteiger partial charge is 0.144 e. The molecule has 0 N–H and O–H groups in total. The molecule has 0 fully saturated rings. The van der Waals surface area contributed by atoms with Gasteiger partial charge >= 0.3 is 0 Å². The standard InChI is InChI=1S/C7H6Cl2.C7H8.C6H6FN/c1-5-6(8)3-2-4-7(5)9;1-7-5-3-2-4-6-7;1-5-2-3-8-4-6(5)7/h2-4H,1H3;2-6H,1H3;2-4H,1H3. The summed E-state index contributed by atoms with van der Waals surface area (Å²) in [5.74, 6) is -0.243. The van der Waals surface area contributed by atoms with Crippen LogP contribution in [-0.2, 0) is 0 Å². The molecule has 0 aliphatic rings. The van der Waals surface area contributed by atoms with Crippen molar-refractivity contribution in [3.05, 3.63) is 99.5 Å². The van der Waals surface area contributed by atoms with Gasteiger partial charge in [-0.2, -0.15) is 0 Å². The fraction of sp³-hybridized carbons (Fsp3) is 0.150. The van der Waals surface area contributed by atoms with Gasteiger partial charge in [0.1, 0.15) is 5.82 Å². The zero-order valence-corrected chi connectivity index (χ0v) is 15.4. The Labute approximate surface area is 153 Å². The Hall–Kier alpha value is -1.90. The Morgan fingerprint density at radius 3 is 1.71 bits per heavy atom. The minimum absolute atomic E-state index is 0.243. The Balaban J connectivity index is 0.000000181. The van der Waals surface area contributed by atoms with E-state index in [4.69, 9.17) is 23.2 Å². The molecular weight excluding hydrogens is 344 g/mol. The minimum atomic E-state index is -0.243. The van der Waals surface area contributed by atoms with Gasteiger partial charge in [-0.25, -0.2) is 4.39 Å². The first-order valence-electron chi connectivity index (χ1n) is 7.40. The van der Waals surface area contributed by atoms with Crippen LogP contribution in [0.5, 0.6) is 0 Å². The third kappa shape index (κ3) is 7.58. The molecular formula is C20H20Cl2FN. The van der Waals surface area contributed by atoms with Crippen LogP contribution in [-0.4, -0.2) is 4.98 Å². The SMILES string of the molecule is Cc1c(Cl)cccc1Cl.Cc1ccccc1.Cc1ccncc1F. The molecule has 3 rings (SSSR count). The Bertz CT molecular complexity index is 704. The van der Waals surface area contributed by atoms with Crippen LogP contribution in [0.15, 0.2) is 67.0 Å². The lowest BCUT2D eigenvalue weighted by atomic mass is 10.2. The van der Waals surface area contributed by atoms with Gasteiger partial charge in [0.15, 0.2) is 0 Å². The highest BCUT2D eigenvalue weighted by Crippen LogP contribution is 2.22. The van der Waals surface area contributed by atoms with E-state index >= 15 is 0 Å². The zero-order chi connectivity index (χ0) is 17.9. The van der Waals surface area contributed by atoms with Crippen LogP contribution in [0.25, 0.3) is 0 Å². The van der Waals surface area contributed by atoms with Crippen LogP contribution >= 0.6 is 23.2 Å². The van der Waals surface area contributed by atoms with E-state index in [1.54, 1.807) is 19.2 Å². The summed E-state index contributed by atoms with van der Waals surface area (Å²) < 4.78 is 12.3. The highest BCUT2D eigenvalue weighted by atomic mass is 35.5. The van der Waals surface area contributed by atoms with Gasteiger partial charge in [0.25, 0.3) is 0 Å². The highest BCUT2D eigenvalue weighted by Gasteiger charge is 1.96. The molecule has 0 atom stereocenters. The van der Waals surface area contributed by atoms with Gasteiger partial charge in [0, 0.05) is 16.2 Å². The van der Waals surface area contributed by atoms with E-state index in [0.717, 1.165) is 15.6 Å². The first-order chi connectivity index (χ1) is 11.4. The summed E-state index contributed by atoms with van der Waals surface area (Å²) in [4.78, 5) is 3.57. The summed E-state index contributed by atoms with van der Waals surface area (Å²) in [7, 11) is 0. The van der Waals surface area contributed by atoms with E-state index in [9.17, 15) is 4.39 Å². The number of hydrogen-bond acceptors (Lipinski definition) is 1. The number of hydrogen-bond donors (Lipinski definition) is 0. The first-order valence-corrected chi connectivity index (χ1v) is 8.15. The molecule has 1 aromatic heterocycles. The molecule has 0 bridgehead atoms. The number of nitrogens with zero attached hydrogens (tertiary/aromatic N) is 1. The van der Waals surface area contributed by atoms with Crippen molar-refractivity contribution in [2.24, 2.45) is 0 Å². The monoisotopic (exact) mass is 363 g/mol. The molecule has 126 valence electrons. The van der Waals surface area contributed by atoms with Crippen molar-refractivity contribution in [3.8, 4) is 0 Å². The molecule has 0 amide bonds. The van der Waals surface area contributed by atoms with E-state index in [1.165, 1.54) is 11.8 Å². The maximum Gasteiger partial charge on any atom is 0.144 e. The molecule has 0 saturated carbocycles. The molecule has 0 aliphatic carbocycles. The summed E-state index contributed by atoms with van der Waals surface area (Å²) in [5, 5.41) is 1.45. The van der Waals surface area contributed by atoms with E-state index in [1.807, 2.05) is 43.3 Å². The van der Waals surface area contributed by atoms with E-state index in [-0.39, 0.29) is 5.82 Å². The van der Waals surface area contributed by atoms with E-state index < -0.39 is 0 Å². The van der Waals surface area contributed by atoms with Gasteiger partial charge in [0.2, 0.25) is 0 Å². The van der Waals surface area contributed by atoms with Crippen LogP contribution in [0.2, 0.25) is 10.0 Å². The van der Waals surface area contributed by atoms with Crippen molar-refractivity contribution in [1.82, 2.24) is 4.98 Å². The average Bonchev–Trinajstić information content (AvgIpc) is 2.57. The molecule has 0 aliphatic heterocycles. The second-order valence-electron chi connectivity index (χ2n) is 5.13. The van der Waals surface area contributed by atoms with Gasteiger partial charge in [0.05, 0.1) is 6.20 Å². The number of pyridine rings is 1. The van der Waals surface area contributed by atoms with Gasteiger partial charge < -0.3 is 0 Å². The predicted molar refractivity (Wildman–Crippen MR) is 101 cm³/mol. The molecule has 0 unspecified atom stereocenters. The van der Waals surface area contributed by atoms with Crippen molar-refractivity contribution in [2.75, 3.05) is 0 Å². The fourth-order valence-corrected chi connectivity index (χ4v) is 1.96. The fourth-order valence-electron chi connectivity index (χ4n) is 1.56. The second kappa shape index (κ2) is 10.8.